The maximum absolute atomic E-state index is 13.5. The highest BCUT2D eigenvalue weighted by atomic mass is 19.1. The zero-order valence-corrected chi connectivity index (χ0v) is 10.6. The van der Waals surface area contributed by atoms with E-state index in [9.17, 15) is 9.18 Å². The second kappa shape index (κ2) is 6.96. The lowest BCUT2D eigenvalue weighted by Crippen LogP contribution is -2.37. The molecule has 0 bridgehead atoms. The van der Waals surface area contributed by atoms with Crippen molar-refractivity contribution in [1.29, 1.82) is 0 Å². The monoisotopic (exact) mass is 255 g/mol. The summed E-state index contributed by atoms with van der Waals surface area (Å²) in [4.78, 5) is 12.0. The fourth-order valence-electron chi connectivity index (χ4n) is 1.52. The van der Waals surface area contributed by atoms with Gasteiger partial charge in [-0.2, -0.15) is 0 Å². The molecule has 0 saturated carbocycles. The standard InChI is InChI=1S/C13H18FNO3/c1-3-9(8-16)15-13(17)10-6-5-7-11(14)12(10)18-4-2/h5-7,9,16H,3-4,8H2,1-2H3,(H,15,17). The molecule has 1 unspecified atom stereocenters. The van der Waals surface area contributed by atoms with Gasteiger partial charge >= 0.3 is 0 Å². The van der Waals surface area contributed by atoms with Crippen LogP contribution in [-0.4, -0.2) is 30.3 Å². The first-order valence-corrected chi connectivity index (χ1v) is 5.97. The first-order valence-electron chi connectivity index (χ1n) is 5.97. The van der Waals surface area contributed by atoms with Crippen molar-refractivity contribution in [2.45, 2.75) is 26.3 Å². The van der Waals surface area contributed by atoms with E-state index >= 15 is 0 Å². The second-order valence-electron chi connectivity index (χ2n) is 3.81. The maximum Gasteiger partial charge on any atom is 0.255 e. The van der Waals surface area contributed by atoms with Crippen molar-refractivity contribution >= 4 is 5.91 Å². The Balaban J connectivity index is 2.94. The summed E-state index contributed by atoms with van der Waals surface area (Å²) in [6.45, 7) is 3.69. The topological polar surface area (TPSA) is 58.6 Å². The molecule has 0 aromatic heterocycles. The normalized spacial score (nSPS) is 12.0. The number of aliphatic hydroxyl groups excluding tert-OH is 1. The van der Waals surface area contributed by atoms with Crippen LogP contribution in [0.25, 0.3) is 0 Å². The average molecular weight is 255 g/mol. The minimum absolute atomic E-state index is 0.0507. The Kier molecular flexibility index (Phi) is 5.58. The van der Waals surface area contributed by atoms with E-state index in [1.807, 2.05) is 6.92 Å². The lowest BCUT2D eigenvalue weighted by Gasteiger charge is -2.16. The van der Waals surface area contributed by atoms with Crippen molar-refractivity contribution < 1.29 is 19.0 Å². The lowest BCUT2D eigenvalue weighted by atomic mass is 10.1. The number of halogens is 1. The number of para-hydroxylation sites is 1. The molecule has 1 atom stereocenters. The molecular weight excluding hydrogens is 237 g/mol. The summed E-state index contributed by atoms with van der Waals surface area (Å²) in [7, 11) is 0. The molecule has 0 aliphatic rings. The van der Waals surface area contributed by atoms with E-state index in [0.29, 0.717) is 6.42 Å². The Morgan fingerprint density at radius 1 is 1.50 bits per heavy atom. The zero-order chi connectivity index (χ0) is 13.5. The number of aliphatic hydroxyl groups is 1. The Labute approximate surface area is 106 Å². The van der Waals surface area contributed by atoms with Gasteiger partial charge < -0.3 is 15.2 Å². The third kappa shape index (κ3) is 3.43. The molecule has 1 aromatic rings. The predicted molar refractivity (Wildman–Crippen MR) is 66.2 cm³/mol. The molecule has 100 valence electrons. The van der Waals surface area contributed by atoms with Gasteiger partial charge in [0.1, 0.15) is 0 Å². The first kappa shape index (κ1) is 14.4. The summed E-state index contributed by atoms with van der Waals surface area (Å²) in [5.41, 5.74) is 0.142. The molecule has 0 spiro atoms. The van der Waals surface area contributed by atoms with Crippen LogP contribution in [0.15, 0.2) is 18.2 Å². The molecule has 1 aromatic carbocycles. The summed E-state index contributed by atoms with van der Waals surface area (Å²) < 4.78 is 18.7. The van der Waals surface area contributed by atoms with Crippen molar-refractivity contribution in [2.75, 3.05) is 13.2 Å². The summed E-state index contributed by atoms with van der Waals surface area (Å²) in [5.74, 6) is -1.06. The van der Waals surface area contributed by atoms with Crippen molar-refractivity contribution in [1.82, 2.24) is 5.32 Å². The predicted octanol–water partition coefficient (Wildman–Crippen LogP) is 1.73. The zero-order valence-electron chi connectivity index (χ0n) is 10.6. The van der Waals surface area contributed by atoms with Crippen molar-refractivity contribution in [3.8, 4) is 5.75 Å². The molecule has 5 heteroatoms. The van der Waals surface area contributed by atoms with Crippen LogP contribution >= 0.6 is 0 Å². The van der Waals surface area contributed by atoms with Gasteiger partial charge in [0.15, 0.2) is 11.6 Å². The molecule has 0 radical (unpaired) electrons. The third-order valence-corrected chi connectivity index (χ3v) is 2.55. The summed E-state index contributed by atoms with van der Waals surface area (Å²) in [6, 6.07) is 3.85. The Morgan fingerprint density at radius 3 is 2.78 bits per heavy atom. The van der Waals surface area contributed by atoms with Crippen LogP contribution in [-0.2, 0) is 0 Å². The van der Waals surface area contributed by atoms with Crippen LogP contribution in [0.4, 0.5) is 4.39 Å². The molecule has 18 heavy (non-hydrogen) atoms. The summed E-state index contributed by atoms with van der Waals surface area (Å²) >= 11 is 0. The number of carbonyl (C=O) groups is 1. The van der Waals surface area contributed by atoms with Crippen molar-refractivity contribution in [3.63, 3.8) is 0 Å². The number of hydrogen-bond acceptors (Lipinski definition) is 3. The van der Waals surface area contributed by atoms with Gasteiger partial charge in [-0.25, -0.2) is 4.39 Å². The maximum atomic E-state index is 13.5. The quantitative estimate of drug-likeness (QED) is 0.813. The van der Waals surface area contributed by atoms with Crippen molar-refractivity contribution in [2.24, 2.45) is 0 Å². The largest absolute Gasteiger partial charge is 0.490 e. The number of amides is 1. The fraction of sp³-hybridized carbons (Fsp3) is 0.462. The van der Waals surface area contributed by atoms with Crippen LogP contribution in [0.3, 0.4) is 0 Å². The number of benzene rings is 1. The van der Waals surface area contributed by atoms with Gasteiger partial charge in [0, 0.05) is 0 Å². The van der Waals surface area contributed by atoms with E-state index in [1.165, 1.54) is 18.2 Å². The van der Waals surface area contributed by atoms with Crippen LogP contribution in [0.2, 0.25) is 0 Å². The Morgan fingerprint density at radius 2 is 2.22 bits per heavy atom. The van der Waals surface area contributed by atoms with Gasteiger partial charge in [-0.15, -0.1) is 0 Å². The van der Waals surface area contributed by atoms with E-state index in [-0.39, 0.29) is 30.6 Å². The Bertz CT molecular complexity index is 405. The van der Waals surface area contributed by atoms with Crippen LogP contribution < -0.4 is 10.1 Å². The summed E-state index contributed by atoms with van der Waals surface area (Å²) in [6.07, 6.45) is 0.599. The Hall–Kier alpha value is -1.62. The number of nitrogens with one attached hydrogen (secondary N) is 1. The van der Waals surface area contributed by atoms with Crippen LogP contribution in [0.5, 0.6) is 5.75 Å². The van der Waals surface area contributed by atoms with Gasteiger partial charge in [0.2, 0.25) is 0 Å². The SMILES string of the molecule is CCOc1c(F)cccc1C(=O)NC(CC)CO. The number of ether oxygens (including phenoxy) is 1. The molecular formula is C13H18FNO3. The molecule has 0 saturated heterocycles. The molecule has 1 amide bonds. The highest BCUT2D eigenvalue weighted by Crippen LogP contribution is 2.22. The van der Waals surface area contributed by atoms with Gasteiger partial charge in [-0.3, -0.25) is 4.79 Å². The molecule has 0 aliphatic carbocycles. The second-order valence-corrected chi connectivity index (χ2v) is 3.81. The molecule has 1 rings (SSSR count). The van der Waals surface area contributed by atoms with E-state index in [4.69, 9.17) is 9.84 Å². The minimum Gasteiger partial charge on any atom is -0.490 e. The third-order valence-electron chi connectivity index (χ3n) is 2.55. The lowest BCUT2D eigenvalue weighted by molar-refractivity contribution is 0.0910. The highest BCUT2D eigenvalue weighted by Gasteiger charge is 2.18. The van der Waals surface area contributed by atoms with Gasteiger partial charge in [0.05, 0.1) is 24.8 Å². The number of carbonyl (C=O) groups excluding carboxylic acids is 1. The molecule has 0 aliphatic heterocycles. The first-order chi connectivity index (χ1) is 8.63. The minimum atomic E-state index is -0.568. The molecule has 4 nitrogen and oxygen atoms in total. The molecule has 2 N–H and O–H groups in total. The van der Waals surface area contributed by atoms with E-state index in [2.05, 4.69) is 5.32 Å². The number of hydrogen-bond donors (Lipinski definition) is 2. The van der Waals surface area contributed by atoms with Crippen LogP contribution in [0.1, 0.15) is 30.6 Å². The summed E-state index contributed by atoms with van der Waals surface area (Å²) in [5, 5.41) is 11.7. The smallest absolute Gasteiger partial charge is 0.255 e. The van der Waals surface area contributed by atoms with Crippen molar-refractivity contribution in [3.05, 3.63) is 29.6 Å². The van der Waals surface area contributed by atoms with E-state index < -0.39 is 11.7 Å². The highest BCUT2D eigenvalue weighted by molar-refractivity contribution is 5.97. The fourth-order valence-corrected chi connectivity index (χ4v) is 1.52. The van der Waals surface area contributed by atoms with E-state index in [1.54, 1.807) is 6.92 Å². The number of rotatable bonds is 6. The molecule has 0 fully saturated rings. The molecule has 0 heterocycles. The van der Waals surface area contributed by atoms with Gasteiger partial charge in [-0.05, 0) is 25.5 Å². The van der Waals surface area contributed by atoms with Gasteiger partial charge in [0.25, 0.3) is 5.91 Å². The van der Waals surface area contributed by atoms with E-state index in [0.717, 1.165) is 0 Å². The average Bonchev–Trinajstić information content (AvgIpc) is 2.38. The van der Waals surface area contributed by atoms with Gasteiger partial charge in [-0.1, -0.05) is 13.0 Å². The van der Waals surface area contributed by atoms with Crippen LogP contribution in [0, 0.1) is 5.82 Å².